The molecule has 3 nitrogen and oxygen atoms in total. The highest BCUT2D eigenvalue weighted by Crippen LogP contribution is 2.21. The second kappa shape index (κ2) is 16.9. The molecule has 0 aliphatic heterocycles. The van der Waals surface area contributed by atoms with E-state index in [1.807, 2.05) is 12.1 Å². The van der Waals surface area contributed by atoms with Gasteiger partial charge in [-0.25, -0.2) is 9.18 Å². The monoisotopic (exact) mass is 468 g/mol. The van der Waals surface area contributed by atoms with E-state index < -0.39 is 5.97 Å². The van der Waals surface area contributed by atoms with Crippen molar-refractivity contribution in [1.82, 2.24) is 0 Å². The molecule has 2 rings (SSSR count). The Morgan fingerprint density at radius 1 is 0.706 bits per heavy atom. The zero-order valence-corrected chi connectivity index (χ0v) is 21.0. The first-order chi connectivity index (χ1) is 16.6. The fourth-order valence-electron chi connectivity index (χ4n) is 3.70. The summed E-state index contributed by atoms with van der Waals surface area (Å²) in [6.07, 6.45) is 15.5. The van der Waals surface area contributed by atoms with Crippen LogP contribution < -0.4 is 9.47 Å². The van der Waals surface area contributed by atoms with Crippen LogP contribution in [0, 0.1) is 0 Å². The van der Waals surface area contributed by atoms with Crippen molar-refractivity contribution in [2.75, 3.05) is 6.61 Å². The van der Waals surface area contributed by atoms with Crippen LogP contribution in [0.15, 0.2) is 54.6 Å². The molecule has 0 unspecified atom stereocenters. The maximum atomic E-state index is 14.3. The summed E-state index contributed by atoms with van der Waals surface area (Å²) in [7, 11) is 0. The molecule has 0 spiro atoms. The van der Waals surface area contributed by atoms with Crippen LogP contribution >= 0.6 is 0 Å². The summed E-state index contributed by atoms with van der Waals surface area (Å²) in [4.78, 5) is 12.4. The van der Waals surface area contributed by atoms with Gasteiger partial charge in [0, 0.05) is 5.56 Å². The molecular weight excluding hydrogens is 427 g/mol. The second-order valence-electron chi connectivity index (χ2n) is 8.81. The van der Waals surface area contributed by atoms with Crippen LogP contribution in [-0.2, 0) is 0 Å². The Hall–Kier alpha value is -2.62. The molecule has 34 heavy (non-hydrogen) atoms. The first-order valence-electron chi connectivity index (χ1n) is 13.0. The lowest BCUT2D eigenvalue weighted by molar-refractivity contribution is 0.0734. The Morgan fingerprint density at radius 2 is 1.24 bits per heavy atom. The summed E-state index contributed by atoms with van der Waals surface area (Å²) in [5, 5.41) is 0. The summed E-state index contributed by atoms with van der Waals surface area (Å²) < 4.78 is 25.6. The molecule has 0 N–H and O–H groups in total. The summed E-state index contributed by atoms with van der Waals surface area (Å²) in [5.74, 6) is 0.514. The normalized spacial score (nSPS) is 11.4. The van der Waals surface area contributed by atoms with Gasteiger partial charge in [0.15, 0.2) is 0 Å². The van der Waals surface area contributed by atoms with E-state index >= 15 is 0 Å². The number of carbonyl (C=O) groups is 1. The predicted molar refractivity (Wildman–Crippen MR) is 139 cm³/mol. The molecule has 0 radical (unpaired) electrons. The first kappa shape index (κ1) is 27.6. The van der Waals surface area contributed by atoms with Gasteiger partial charge in [0.05, 0.1) is 12.2 Å². The zero-order valence-electron chi connectivity index (χ0n) is 21.0. The van der Waals surface area contributed by atoms with E-state index in [1.165, 1.54) is 51.4 Å². The van der Waals surface area contributed by atoms with E-state index in [4.69, 9.17) is 9.47 Å². The number of esters is 1. The Bertz CT molecular complexity index is 840. The van der Waals surface area contributed by atoms with Crippen molar-refractivity contribution in [2.45, 2.75) is 90.9 Å². The molecule has 4 heteroatoms. The van der Waals surface area contributed by atoms with Crippen LogP contribution in [0.4, 0.5) is 4.39 Å². The fourth-order valence-corrected chi connectivity index (χ4v) is 3.70. The SMILES string of the molecule is CCCCCCC/C=C(/F)c1ccc(C(=O)Oc2ccc(OCCCCCCCC)cc2)cc1. The van der Waals surface area contributed by atoms with Crippen molar-refractivity contribution in [1.29, 1.82) is 0 Å². The van der Waals surface area contributed by atoms with E-state index in [0.717, 1.165) is 31.4 Å². The van der Waals surface area contributed by atoms with Crippen LogP contribution in [0.25, 0.3) is 5.83 Å². The topological polar surface area (TPSA) is 35.5 Å². The highest BCUT2D eigenvalue weighted by atomic mass is 19.1. The summed E-state index contributed by atoms with van der Waals surface area (Å²) in [6, 6.07) is 13.5. The summed E-state index contributed by atoms with van der Waals surface area (Å²) in [6.45, 7) is 5.10. The van der Waals surface area contributed by atoms with Crippen molar-refractivity contribution < 1.29 is 18.7 Å². The molecule has 0 aliphatic rings. The number of allylic oxidation sites excluding steroid dienone is 1. The van der Waals surface area contributed by atoms with Gasteiger partial charge in [0.1, 0.15) is 17.3 Å². The second-order valence-corrected chi connectivity index (χ2v) is 8.81. The molecule has 2 aromatic rings. The quantitative estimate of drug-likeness (QED) is 0.132. The van der Waals surface area contributed by atoms with Gasteiger partial charge in [0.25, 0.3) is 0 Å². The number of ether oxygens (including phenoxy) is 2. The highest BCUT2D eigenvalue weighted by Gasteiger charge is 2.10. The van der Waals surface area contributed by atoms with Crippen molar-refractivity contribution in [3.05, 3.63) is 65.7 Å². The van der Waals surface area contributed by atoms with Crippen molar-refractivity contribution in [2.24, 2.45) is 0 Å². The number of hydrogen-bond donors (Lipinski definition) is 0. The van der Waals surface area contributed by atoms with Gasteiger partial charge < -0.3 is 9.47 Å². The lowest BCUT2D eigenvalue weighted by Gasteiger charge is -2.08. The third-order valence-corrected chi connectivity index (χ3v) is 5.83. The maximum Gasteiger partial charge on any atom is 0.343 e. The minimum absolute atomic E-state index is 0.244. The van der Waals surface area contributed by atoms with Crippen molar-refractivity contribution in [3.63, 3.8) is 0 Å². The van der Waals surface area contributed by atoms with E-state index in [2.05, 4.69) is 13.8 Å². The molecule has 0 atom stereocenters. The van der Waals surface area contributed by atoms with Crippen LogP contribution in [0.1, 0.15) is 107 Å². The molecule has 186 valence electrons. The van der Waals surface area contributed by atoms with Gasteiger partial charge in [0.2, 0.25) is 0 Å². The average molecular weight is 469 g/mol. The zero-order chi connectivity index (χ0) is 24.4. The Morgan fingerprint density at radius 3 is 1.88 bits per heavy atom. The summed E-state index contributed by atoms with van der Waals surface area (Å²) in [5.41, 5.74) is 0.872. The number of carbonyl (C=O) groups excluding carboxylic acids is 1. The molecule has 0 saturated heterocycles. The van der Waals surface area contributed by atoms with Crippen molar-refractivity contribution in [3.8, 4) is 11.5 Å². The first-order valence-corrected chi connectivity index (χ1v) is 13.0. The van der Waals surface area contributed by atoms with Gasteiger partial charge in [-0.1, -0.05) is 83.8 Å². The minimum atomic E-state index is -0.465. The lowest BCUT2D eigenvalue weighted by atomic mass is 10.1. The van der Waals surface area contributed by atoms with E-state index in [1.54, 1.807) is 42.5 Å². The number of halogens is 1. The smallest absolute Gasteiger partial charge is 0.343 e. The maximum absolute atomic E-state index is 14.3. The Kier molecular flexibility index (Phi) is 13.7. The molecule has 0 heterocycles. The van der Waals surface area contributed by atoms with Crippen LogP contribution in [0.5, 0.6) is 11.5 Å². The van der Waals surface area contributed by atoms with E-state index in [9.17, 15) is 9.18 Å². The number of benzene rings is 2. The molecule has 0 amide bonds. The van der Waals surface area contributed by atoms with Crippen LogP contribution in [-0.4, -0.2) is 12.6 Å². The summed E-state index contributed by atoms with van der Waals surface area (Å²) >= 11 is 0. The predicted octanol–water partition coefficient (Wildman–Crippen LogP) is 9.32. The third-order valence-electron chi connectivity index (χ3n) is 5.83. The number of hydrogen-bond acceptors (Lipinski definition) is 3. The Balaban J connectivity index is 1.74. The average Bonchev–Trinajstić information content (AvgIpc) is 2.86. The van der Waals surface area contributed by atoms with Crippen LogP contribution in [0.2, 0.25) is 0 Å². The standard InChI is InChI=1S/C30H41FO3/c1-3-5-7-9-11-13-15-29(31)25-16-18-26(19-17-25)30(32)34-28-22-20-27(21-23-28)33-24-14-12-10-8-6-4-2/h15-23H,3-14,24H2,1-2H3/b29-15+. The minimum Gasteiger partial charge on any atom is -0.494 e. The molecule has 0 saturated carbocycles. The molecular formula is C30H41FO3. The van der Waals surface area contributed by atoms with Gasteiger partial charge >= 0.3 is 5.97 Å². The largest absolute Gasteiger partial charge is 0.494 e. The third kappa shape index (κ3) is 11.0. The van der Waals surface area contributed by atoms with Gasteiger partial charge in [-0.2, -0.15) is 0 Å². The van der Waals surface area contributed by atoms with E-state index in [-0.39, 0.29) is 5.83 Å². The molecule has 0 fully saturated rings. The van der Waals surface area contributed by atoms with Gasteiger partial charge in [-0.3, -0.25) is 0 Å². The van der Waals surface area contributed by atoms with E-state index in [0.29, 0.717) is 23.5 Å². The fraction of sp³-hybridized carbons (Fsp3) is 0.500. The Labute approximate surface area is 205 Å². The molecule has 0 aliphatic carbocycles. The van der Waals surface area contributed by atoms with Gasteiger partial charge in [-0.15, -0.1) is 0 Å². The molecule has 2 aromatic carbocycles. The number of unbranched alkanes of at least 4 members (excludes halogenated alkanes) is 10. The van der Waals surface area contributed by atoms with Gasteiger partial charge in [-0.05, 0) is 61.7 Å². The molecule has 0 bridgehead atoms. The lowest BCUT2D eigenvalue weighted by Crippen LogP contribution is -2.08. The van der Waals surface area contributed by atoms with Crippen LogP contribution in [0.3, 0.4) is 0 Å². The number of rotatable bonds is 17. The molecule has 0 aromatic heterocycles. The van der Waals surface area contributed by atoms with Crippen molar-refractivity contribution >= 4 is 11.8 Å². The highest BCUT2D eigenvalue weighted by molar-refractivity contribution is 5.91.